The summed E-state index contributed by atoms with van der Waals surface area (Å²) in [6, 6.07) is 1.96. The van der Waals surface area contributed by atoms with Crippen molar-refractivity contribution < 1.29 is 12.3 Å². The zero-order chi connectivity index (χ0) is 14.3. The van der Waals surface area contributed by atoms with Gasteiger partial charge in [0, 0.05) is 14.5 Å². The lowest BCUT2D eigenvalue weighted by molar-refractivity contribution is 0.256. The molecule has 0 spiro atoms. The lowest BCUT2D eigenvalue weighted by atomic mass is 9.99. The average Bonchev–Trinajstić information content (AvgIpc) is 3.23. The lowest BCUT2D eigenvalue weighted by Crippen LogP contribution is -2.10. The maximum atomic E-state index is 5.81. The van der Waals surface area contributed by atoms with E-state index in [-0.39, 0.29) is 8.80 Å². The first kappa shape index (κ1) is 13.0. The Labute approximate surface area is 121 Å². The molecule has 110 valence electrons. The Kier molecular flexibility index (Phi) is 3.12. The molecule has 20 heavy (non-hydrogen) atoms. The summed E-state index contributed by atoms with van der Waals surface area (Å²) in [5.74, 6) is 3.05. The SMILES string of the molecule is CCc1cc(C2=C(OC)C3CC3C=C2OC)nc(N)n1.[HH].[HH]. The third-order valence-electron chi connectivity index (χ3n) is 3.89. The smallest absolute Gasteiger partial charge is 0.220 e. The third-order valence-corrected chi connectivity index (χ3v) is 3.89. The van der Waals surface area contributed by atoms with Crippen LogP contribution in [0.25, 0.3) is 5.57 Å². The van der Waals surface area contributed by atoms with Gasteiger partial charge in [-0.15, -0.1) is 0 Å². The standard InChI is InChI=1S/C15H19N3O2.2H2/c1-4-9-7-11(18-15(16)17-9)13-12(19-2)6-8-5-10(8)14(13)20-3;;/h6-8,10H,4-5H2,1-3H3,(H2,16,17,18);2*1H. The summed E-state index contributed by atoms with van der Waals surface area (Å²) in [7, 11) is 3.38. The van der Waals surface area contributed by atoms with Crippen LogP contribution in [0.5, 0.6) is 0 Å². The van der Waals surface area contributed by atoms with Gasteiger partial charge in [-0.3, -0.25) is 0 Å². The monoisotopic (exact) mass is 277 g/mol. The number of anilines is 1. The lowest BCUT2D eigenvalue weighted by Gasteiger charge is -2.20. The molecule has 2 N–H and O–H groups in total. The number of hydrogen-bond acceptors (Lipinski definition) is 5. The van der Waals surface area contributed by atoms with Gasteiger partial charge in [-0.05, 0) is 30.9 Å². The highest BCUT2D eigenvalue weighted by atomic mass is 16.5. The first-order valence-corrected chi connectivity index (χ1v) is 6.86. The zero-order valence-electron chi connectivity index (χ0n) is 12.0. The highest BCUT2D eigenvalue weighted by molar-refractivity contribution is 5.79. The number of aromatic nitrogens is 2. The minimum absolute atomic E-state index is 0. The van der Waals surface area contributed by atoms with Crippen LogP contribution in [0.1, 0.15) is 27.6 Å². The second-order valence-electron chi connectivity index (χ2n) is 5.14. The molecule has 3 rings (SSSR count). The molecule has 1 fully saturated rings. The zero-order valence-corrected chi connectivity index (χ0v) is 12.0. The van der Waals surface area contributed by atoms with Crippen molar-refractivity contribution in [3.8, 4) is 0 Å². The topological polar surface area (TPSA) is 70.3 Å². The summed E-state index contributed by atoms with van der Waals surface area (Å²) >= 11 is 0. The molecule has 1 aromatic rings. The van der Waals surface area contributed by atoms with Crippen LogP contribution < -0.4 is 5.73 Å². The van der Waals surface area contributed by atoms with Crippen LogP contribution in [0.4, 0.5) is 5.95 Å². The molecule has 0 saturated heterocycles. The number of nitrogen functional groups attached to an aromatic ring is 1. The molecule has 2 unspecified atom stereocenters. The predicted molar refractivity (Wildman–Crippen MR) is 80.7 cm³/mol. The molecule has 5 heteroatoms. The van der Waals surface area contributed by atoms with Crippen molar-refractivity contribution >= 4 is 11.5 Å². The van der Waals surface area contributed by atoms with Crippen LogP contribution >= 0.6 is 0 Å². The van der Waals surface area contributed by atoms with Gasteiger partial charge >= 0.3 is 0 Å². The fraction of sp³-hybridized carbons (Fsp3) is 0.467. The van der Waals surface area contributed by atoms with E-state index in [2.05, 4.69) is 16.0 Å². The number of nitrogens with two attached hydrogens (primary N) is 1. The molecular formula is C15H23N3O2. The molecule has 1 heterocycles. The van der Waals surface area contributed by atoms with E-state index < -0.39 is 0 Å². The third kappa shape index (κ3) is 2.03. The second kappa shape index (κ2) is 4.81. The Balaban J connectivity index is 0.00000121. The number of allylic oxidation sites excluding steroid dienone is 3. The maximum Gasteiger partial charge on any atom is 0.220 e. The van der Waals surface area contributed by atoms with E-state index in [9.17, 15) is 0 Å². The van der Waals surface area contributed by atoms with Crippen molar-refractivity contribution in [2.45, 2.75) is 19.8 Å². The summed E-state index contributed by atoms with van der Waals surface area (Å²) in [6.07, 6.45) is 4.08. The Bertz CT molecular complexity index is 617. The predicted octanol–water partition coefficient (Wildman–Crippen LogP) is 2.65. The van der Waals surface area contributed by atoms with Gasteiger partial charge in [0.1, 0.15) is 11.5 Å². The van der Waals surface area contributed by atoms with Crippen LogP contribution in [0.2, 0.25) is 0 Å². The molecule has 5 nitrogen and oxygen atoms in total. The van der Waals surface area contributed by atoms with Crippen LogP contribution in [0.15, 0.2) is 23.7 Å². The van der Waals surface area contributed by atoms with Gasteiger partial charge in [0.25, 0.3) is 0 Å². The minimum Gasteiger partial charge on any atom is -0.500 e. The summed E-state index contributed by atoms with van der Waals surface area (Å²) in [5.41, 5.74) is 8.43. The Hall–Kier alpha value is -2.04. The van der Waals surface area contributed by atoms with Gasteiger partial charge in [-0.2, -0.15) is 0 Å². The van der Waals surface area contributed by atoms with Crippen molar-refractivity contribution in [3.63, 3.8) is 0 Å². The van der Waals surface area contributed by atoms with Crippen molar-refractivity contribution in [2.24, 2.45) is 11.8 Å². The molecule has 2 atom stereocenters. The Morgan fingerprint density at radius 1 is 1.35 bits per heavy atom. The van der Waals surface area contributed by atoms with E-state index in [1.165, 1.54) is 0 Å². The van der Waals surface area contributed by atoms with E-state index in [1.807, 2.05) is 13.0 Å². The summed E-state index contributed by atoms with van der Waals surface area (Å²) in [4.78, 5) is 8.58. The van der Waals surface area contributed by atoms with E-state index in [1.54, 1.807) is 14.2 Å². The van der Waals surface area contributed by atoms with Crippen LogP contribution in [-0.2, 0) is 15.9 Å². The molecule has 1 aromatic heterocycles. The van der Waals surface area contributed by atoms with Crippen molar-refractivity contribution in [2.75, 3.05) is 20.0 Å². The maximum absolute atomic E-state index is 5.81. The highest BCUT2D eigenvalue weighted by Crippen LogP contribution is 2.53. The molecule has 0 radical (unpaired) electrons. The molecule has 0 amide bonds. The molecule has 2 aliphatic rings. The quantitative estimate of drug-likeness (QED) is 0.916. The Morgan fingerprint density at radius 2 is 2.15 bits per heavy atom. The molecule has 2 aliphatic carbocycles. The van der Waals surface area contributed by atoms with Crippen molar-refractivity contribution in [3.05, 3.63) is 35.0 Å². The van der Waals surface area contributed by atoms with Gasteiger partial charge in [0.15, 0.2) is 0 Å². The van der Waals surface area contributed by atoms with Crippen LogP contribution in [0.3, 0.4) is 0 Å². The molecule has 0 bridgehead atoms. The number of fused-ring (bicyclic) bond motifs is 1. The number of methoxy groups -OCH3 is 2. The van der Waals surface area contributed by atoms with Crippen molar-refractivity contribution in [1.82, 2.24) is 9.97 Å². The number of rotatable bonds is 4. The van der Waals surface area contributed by atoms with Gasteiger partial charge in [0.05, 0.1) is 25.5 Å². The number of hydrogen-bond donors (Lipinski definition) is 1. The fourth-order valence-corrected chi connectivity index (χ4v) is 2.79. The van der Waals surface area contributed by atoms with E-state index in [0.29, 0.717) is 11.8 Å². The number of nitrogens with zero attached hydrogens (tertiary/aromatic N) is 2. The summed E-state index contributed by atoms with van der Waals surface area (Å²) < 4.78 is 11.1. The molecule has 1 saturated carbocycles. The normalized spacial score (nSPS) is 24.1. The largest absolute Gasteiger partial charge is 0.500 e. The van der Waals surface area contributed by atoms with Crippen LogP contribution in [-0.4, -0.2) is 24.2 Å². The van der Waals surface area contributed by atoms with Gasteiger partial charge in [-0.1, -0.05) is 6.92 Å². The highest BCUT2D eigenvalue weighted by Gasteiger charge is 2.45. The summed E-state index contributed by atoms with van der Waals surface area (Å²) in [6.45, 7) is 2.04. The van der Waals surface area contributed by atoms with Gasteiger partial charge in [0.2, 0.25) is 5.95 Å². The average molecular weight is 277 g/mol. The number of ether oxygens (including phenoxy) is 2. The molecule has 0 aromatic carbocycles. The fourth-order valence-electron chi connectivity index (χ4n) is 2.79. The van der Waals surface area contributed by atoms with Gasteiger partial charge in [-0.25, -0.2) is 9.97 Å². The van der Waals surface area contributed by atoms with E-state index in [0.717, 1.165) is 41.3 Å². The Morgan fingerprint density at radius 3 is 2.80 bits per heavy atom. The first-order chi connectivity index (χ1) is 9.67. The summed E-state index contributed by atoms with van der Waals surface area (Å²) in [5, 5.41) is 0. The van der Waals surface area contributed by atoms with E-state index >= 15 is 0 Å². The van der Waals surface area contributed by atoms with E-state index in [4.69, 9.17) is 15.2 Å². The molecule has 0 aliphatic heterocycles. The molecular weight excluding hydrogens is 254 g/mol. The van der Waals surface area contributed by atoms with Crippen LogP contribution in [0, 0.1) is 11.8 Å². The number of aryl methyl sites for hydroxylation is 1. The second-order valence-corrected chi connectivity index (χ2v) is 5.14. The van der Waals surface area contributed by atoms with Crippen molar-refractivity contribution in [1.29, 1.82) is 0 Å². The van der Waals surface area contributed by atoms with Gasteiger partial charge < -0.3 is 15.2 Å². The minimum atomic E-state index is 0. The first-order valence-electron chi connectivity index (χ1n) is 6.86.